The minimum absolute atomic E-state index is 0.221. The zero-order chi connectivity index (χ0) is 20.1. The molecule has 144 valence electrons. The highest BCUT2D eigenvalue weighted by Crippen LogP contribution is 2.28. The second-order valence-corrected chi connectivity index (χ2v) is 6.49. The van der Waals surface area contributed by atoms with Crippen LogP contribution in [-0.4, -0.2) is 22.9 Å². The summed E-state index contributed by atoms with van der Waals surface area (Å²) >= 11 is 0. The lowest BCUT2D eigenvalue weighted by molar-refractivity contribution is -0.146. The summed E-state index contributed by atoms with van der Waals surface area (Å²) in [5.41, 5.74) is 0.917. The molecule has 3 rings (SSSR count). The van der Waals surface area contributed by atoms with Crippen molar-refractivity contribution >= 4 is 29.2 Å². The van der Waals surface area contributed by atoms with Crippen molar-refractivity contribution in [2.45, 2.75) is 12.8 Å². The second kappa shape index (κ2) is 8.47. The van der Waals surface area contributed by atoms with Crippen molar-refractivity contribution in [3.8, 4) is 0 Å². The topological polar surface area (TPSA) is 95.5 Å². The predicted molar refractivity (Wildman–Crippen MR) is 102 cm³/mol. The van der Waals surface area contributed by atoms with Crippen molar-refractivity contribution in [2.75, 3.05) is 10.6 Å². The number of carbonyl (C=O) groups is 3. The van der Waals surface area contributed by atoms with Crippen molar-refractivity contribution in [3.63, 3.8) is 0 Å². The van der Waals surface area contributed by atoms with E-state index >= 15 is 0 Å². The Kier molecular flexibility index (Phi) is 5.84. The summed E-state index contributed by atoms with van der Waals surface area (Å²) in [7, 11) is 0. The van der Waals surface area contributed by atoms with E-state index in [4.69, 9.17) is 0 Å². The van der Waals surface area contributed by atoms with Gasteiger partial charge in [0.1, 0.15) is 5.82 Å². The van der Waals surface area contributed by atoms with E-state index in [1.165, 1.54) is 24.3 Å². The highest BCUT2D eigenvalue weighted by atomic mass is 19.1. The molecule has 0 unspecified atom stereocenters. The maximum Gasteiger partial charge on any atom is 0.307 e. The van der Waals surface area contributed by atoms with Gasteiger partial charge >= 0.3 is 5.97 Å². The van der Waals surface area contributed by atoms with Gasteiger partial charge in [0.2, 0.25) is 5.91 Å². The number of allylic oxidation sites excluding steroid dienone is 2. The molecule has 2 atom stereocenters. The van der Waals surface area contributed by atoms with Crippen LogP contribution < -0.4 is 10.6 Å². The Bertz CT molecular complexity index is 924. The summed E-state index contributed by atoms with van der Waals surface area (Å²) in [4.78, 5) is 36.7. The largest absolute Gasteiger partial charge is 0.481 e. The number of nitrogens with one attached hydrogen (secondary N) is 2. The van der Waals surface area contributed by atoms with Crippen molar-refractivity contribution in [3.05, 3.63) is 72.1 Å². The number of hydrogen-bond donors (Lipinski definition) is 3. The molecule has 0 saturated carbocycles. The molecule has 0 bridgehead atoms. The Morgan fingerprint density at radius 3 is 2.21 bits per heavy atom. The van der Waals surface area contributed by atoms with Crippen LogP contribution in [0.5, 0.6) is 0 Å². The Labute approximate surface area is 161 Å². The van der Waals surface area contributed by atoms with Crippen molar-refractivity contribution in [1.82, 2.24) is 0 Å². The number of amides is 2. The van der Waals surface area contributed by atoms with Gasteiger partial charge in [-0.2, -0.15) is 0 Å². The second-order valence-electron chi connectivity index (χ2n) is 6.49. The van der Waals surface area contributed by atoms with Gasteiger partial charge in [-0.15, -0.1) is 0 Å². The fourth-order valence-corrected chi connectivity index (χ4v) is 3.12. The average molecular weight is 382 g/mol. The first-order chi connectivity index (χ1) is 13.5. The van der Waals surface area contributed by atoms with Crippen LogP contribution in [0.2, 0.25) is 0 Å². The summed E-state index contributed by atoms with van der Waals surface area (Å²) in [6, 6.07) is 11.8. The normalized spacial score (nSPS) is 18.3. The Morgan fingerprint density at radius 1 is 0.893 bits per heavy atom. The number of hydrogen-bond acceptors (Lipinski definition) is 3. The molecule has 0 spiro atoms. The lowest BCUT2D eigenvalue weighted by Crippen LogP contribution is -2.35. The molecule has 2 aromatic rings. The average Bonchev–Trinajstić information content (AvgIpc) is 2.70. The highest BCUT2D eigenvalue weighted by molar-refractivity contribution is 6.10. The van der Waals surface area contributed by atoms with E-state index in [0.29, 0.717) is 18.5 Å². The molecule has 1 aliphatic carbocycles. The lowest BCUT2D eigenvalue weighted by Gasteiger charge is -2.24. The molecule has 0 aromatic heterocycles. The van der Waals surface area contributed by atoms with Gasteiger partial charge < -0.3 is 15.7 Å². The number of carboxylic acids is 1. The molecule has 2 amide bonds. The standard InChI is InChI=1S/C21H19FN2O4/c22-13-9-11-14(12-10-13)23-20(26)17-7-3-4-8-18(17)24-19(25)15-5-1-2-6-16(15)21(27)28/h1-4,7-12,15-16H,5-6H2,(H,23,26)(H,24,25)(H,27,28)/t15-,16-/m1/s1. The van der Waals surface area contributed by atoms with Gasteiger partial charge in [0.25, 0.3) is 5.91 Å². The number of benzene rings is 2. The van der Waals surface area contributed by atoms with E-state index in [1.54, 1.807) is 36.4 Å². The molecular formula is C21H19FN2O4. The van der Waals surface area contributed by atoms with E-state index in [9.17, 15) is 23.9 Å². The van der Waals surface area contributed by atoms with E-state index in [-0.39, 0.29) is 11.3 Å². The van der Waals surface area contributed by atoms with Gasteiger partial charge in [-0.3, -0.25) is 14.4 Å². The van der Waals surface area contributed by atoms with Gasteiger partial charge in [0.15, 0.2) is 0 Å². The number of carboxylic acid groups (broad SMARTS) is 1. The summed E-state index contributed by atoms with van der Waals surface area (Å²) in [6.07, 6.45) is 4.16. The first kappa shape index (κ1) is 19.3. The molecule has 3 N–H and O–H groups in total. The monoisotopic (exact) mass is 382 g/mol. The number of carbonyl (C=O) groups excluding carboxylic acids is 2. The van der Waals surface area contributed by atoms with Crippen LogP contribution in [0.1, 0.15) is 23.2 Å². The van der Waals surface area contributed by atoms with E-state index < -0.39 is 35.4 Å². The van der Waals surface area contributed by atoms with Crippen LogP contribution in [0.25, 0.3) is 0 Å². The third kappa shape index (κ3) is 4.43. The number of para-hydroxylation sites is 1. The van der Waals surface area contributed by atoms with Crippen LogP contribution >= 0.6 is 0 Å². The van der Waals surface area contributed by atoms with Crippen LogP contribution in [0, 0.1) is 17.7 Å². The molecule has 0 fully saturated rings. The lowest BCUT2D eigenvalue weighted by atomic mass is 9.82. The maximum absolute atomic E-state index is 13.0. The third-order valence-electron chi connectivity index (χ3n) is 4.62. The summed E-state index contributed by atoms with van der Waals surface area (Å²) < 4.78 is 13.0. The maximum atomic E-state index is 13.0. The van der Waals surface area contributed by atoms with Crippen LogP contribution in [-0.2, 0) is 9.59 Å². The molecule has 1 aliphatic rings. The van der Waals surface area contributed by atoms with Crippen LogP contribution in [0.4, 0.5) is 15.8 Å². The van der Waals surface area contributed by atoms with Gasteiger partial charge in [-0.25, -0.2) is 4.39 Å². The summed E-state index contributed by atoms with van der Waals surface area (Å²) in [5.74, 6) is -3.87. The van der Waals surface area contributed by atoms with Gasteiger partial charge in [-0.05, 0) is 49.2 Å². The molecule has 0 radical (unpaired) electrons. The molecule has 6 nitrogen and oxygen atoms in total. The summed E-state index contributed by atoms with van der Waals surface area (Å²) in [6.45, 7) is 0. The molecule has 0 aliphatic heterocycles. The minimum Gasteiger partial charge on any atom is -0.481 e. The quantitative estimate of drug-likeness (QED) is 0.688. The zero-order valence-electron chi connectivity index (χ0n) is 14.9. The third-order valence-corrected chi connectivity index (χ3v) is 4.62. The first-order valence-electron chi connectivity index (χ1n) is 8.80. The Morgan fingerprint density at radius 2 is 1.54 bits per heavy atom. The van der Waals surface area contributed by atoms with Gasteiger partial charge in [0.05, 0.1) is 23.1 Å². The number of anilines is 2. The summed E-state index contributed by atoms with van der Waals surface area (Å²) in [5, 5.41) is 14.7. The molecule has 0 saturated heterocycles. The van der Waals surface area contributed by atoms with Crippen LogP contribution in [0.15, 0.2) is 60.7 Å². The molecule has 2 aromatic carbocycles. The molecular weight excluding hydrogens is 363 g/mol. The van der Waals surface area contributed by atoms with Crippen molar-refractivity contribution in [2.24, 2.45) is 11.8 Å². The fraction of sp³-hybridized carbons (Fsp3) is 0.190. The molecule has 28 heavy (non-hydrogen) atoms. The zero-order valence-corrected chi connectivity index (χ0v) is 14.9. The number of halogens is 1. The predicted octanol–water partition coefficient (Wildman–Crippen LogP) is 3.68. The van der Waals surface area contributed by atoms with Crippen molar-refractivity contribution in [1.29, 1.82) is 0 Å². The van der Waals surface area contributed by atoms with Gasteiger partial charge in [0, 0.05) is 5.69 Å². The SMILES string of the molecule is O=C(Nc1ccc(F)cc1)c1ccccc1NC(=O)[C@@H]1CC=CC[C@H]1C(=O)O. The van der Waals surface area contributed by atoms with E-state index in [2.05, 4.69) is 10.6 Å². The van der Waals surface area contributed by atoms with Crippen LogP contribution in [0.3, 0.4) is 0 Å². The Hall–Kier alpha value is -3.48. The Balaban J connectivity index is 1.77. The first-order valence-corrected chi connectivity index (χ1v) is 8.80. The van der Waals surface area contributed by atoms with Gasteiger partial charge in [-0.1, -0.05) is 24.3 Å². The molecule has 7 heteroatoms. The number of rotatable bonds is 5. The number of aliphatic carboxylic acids is 1. The van der Waals surface area contributed by atoms with E-state index in [0.717, 1.165) is 0 Å². The minimum atomic E-state index is -1.02. The molecule has 0 heterocycles. The fourth-order valence-electron chi connectivity index (χ4n) is 3.12. The van der Waals surface area contributed by atoms with E-state index in [1.807, 2.05) is 0 Å². The smallest absolute Gasteiger partial charge is 0.307 e. The van der Waals surface area contributed by atoms with Crippen molar-refractivity contribution < 1.29 is 23.9 Å². The highest BCUT2D eigenvalue weighted by Gasteiger charge is 2.34.